The zero-order valence-corrected chi connectivity index (χ0v) is 9.77. The van der Waals surface area contributed by atoms with Crippen molar-refractivity contribution in [1.29, 1.82) is 0 Å². The lowest BCUT2D eigenvalue weighted by Crippen LogP contribution is -2.47. The average molecular weight is 233 g/mol. The molecule has 3 nitrogen and oxygen atoms in total. The molecule has 1 aromatic carbocycles. The van der Waals surface area contributed by atoms with Crippen molar-refractivity contribution in [2.45, 2.75) is 0 Å². The second-order valence-corrected chi connectivity index (χ2v) is 4.16. The zero-order chi connectivity index (χ0) is 12.1. The summed E-state index contributed by atoms with van der Waals surface area (Å²) in [5, 5.41) is 0. The van der Waals surface area contributed by atoms with Gasteiger partial charge in [-0.1, -0.05) is 12.1 Å². The van der Waals surface area contributed by atoms with Crippen molar-refractivity contribution >= 4 is 5.69 Å². The van der Waals surface area contributed by atoms with Gasteiger partial charge in [-0.25, -0.2) is 11.0 Å². The zero-order valence-electron chi connectivity index (χ0n) is 9.77. The highest BCUT2D eigenvalue weighted by Crippen LogP contribution is 2.19. The third-order valence-electron chi connectivity index (χ3n) is 3.09. The summed E-state index contributed by atoms with van der Waals surface area (Å²) < 4.78 is 13.6. The molecule has 0 saturated carbocycles. The average Bonchev–Trinajstić information content (AvgIpc) is 2.38. The van der Waals surface area contributed by atoms with E-state index in [0.717, 1.165) is 32.7 Å². The van der Waals surface area contributed by atoms with E-state index in [1.54, 1.807) is 6.07 Å². The first kappa shape index (κ1) is 11.9. The summed E-state index contributed by atoms with van der Waals surface area (Å²) >= 11 is 0. The summed E-state index contributed by atoms with van der Waals surface area (Å²) in [4.78, 5) is 7.69. The van der Waals surface area contributed by atoms with Gasteiger partial charge in [-0.05, 0) is 12.1 Å². The molecule has 90 valence electrons. The van der Waals surface area contributed by atoms with E-state index in [1.807, 2.05) is 12.1 Å². The molecule has 0 atom stereocenters. The van der Waals surface area contributed by atoms with Gasteiger partial charge in [0.1, 0.15) is 5.82 Å². The normalized spacial score (nSPS) is 16.8. The molecule has 2 rings (SSSR count). The van der Waals surface area contributed by atoms with Crippen molar-refractivity contribution in [3.05, 3.63) is 41.5 Å². The lowest BCUT2D eigenvalue weighted by atomic mass is 10.2. The molecule has 0 unspecified atom stereocenters. The molecule has 0 spiro atoms. The third-order valence-corrected chi connectivity index (χ3v) is 3.09. The van der Waals surface area contributed by atoms with Gasteiger partial charge in [0.15, 0.2) is 0 Å². The molecule has 1 fully saturated rings. The molecule has 17 heavy (non-hydrogen) atoms. The highest BCUT2D eigenvalue weighted by Gasteiger charge is 2.19. The number of para-hydroxylation sites is 1. The number of hydrogen-bond acceptors (Lipinski definition) is 2. The summed E-state index contributed by atoms with van der Waals surface area (Å²) in [7, 11) is 0. The minimum absolute atomic E-state index is 0.151. The fourth-order valence-electron chi connectivity index (χ4n) is 2.11. The van der Waals surface area contributed by atoms with Crippen LogP contribution in [-0.4, -0.2) is 44.2 Å². The van der Waals surface area contributed by atoms with Gasteiger partial charge in [0, 0.05) is 26.2 Å². The molecule has 0 N–H and O–H groups in total. The van der Waals surface area contributed by atoms with E-state index in [4.69, 9.17) is 6.57 Å². The molecule has 0 bridgehead atoms. The fourth-order valence-corrected chi connectivity index (χ4v) is 2.11. The number of piperazine rings is 1. The van der Waals surface area contributed by atoms with Gasteiger partial charge in [-0.15, -0.1) is 0 Å². The van der Waals surface area contributed by atoms with Crippen LogP contribution in [0.1, 0.15) is 0 Å². The van der Waals surface area contributed by atoms with Crippen LogP contribution < -0.4 is 4.90 Å². The Kier molecular flexibility index (Phi) is 3.94. The van der Waals surface area contributed by atoms with Gasteiger partial charge in [0.25, 0.3) is 0 Å². The smallest absolute Gasteiger partial charge is 0.227 e. The minimum atomic E-state index is -0.151. The quantitative estimate of drug-likeness (QED) is 0.738. The Labute approximate surface area is 101 Å². The SMILES string of the molecule is [C-]#[N+]CCN1CCN(c2ccccc2F)CC1. The fraction of sp³-hybridized carbons (Fsp3) is 0.462. The standard InChI is InChI=1S/C13H16FN3/c1-15-6-7-16-8-10-17(11-9-16)13-5-3-2-4-12(13)14/h2-5H,6-11H2. The predicted molar refractivity (Wildman–Crippen MR) is 66.5 cm³/mol. The van der Waals surface area contributed by atoms with Crippen LogP contribution in [0.25, 0.3) is 4.85 Å². The first-order valence-corrected chi connectivity index (χ1v) is 5.86. The van der Waals surface area contributed by atoms with Gasteiger partial charge in [-0.3, -0.25) is 4.90 Å². The molecule has 1 aliphatic heterocycles. The summed E-state index contributed by atoms with van der Waals surface area (Å²) in [6.07, 6.45) is 0. The van der Waals surface area contributed by atoms with Crippen molar-refractivity contribution in [2.75, 3.05) is 44.2 Å². The number of nitrogens with zero attached hydrogens (tertiary/aromatic N) is 3. The van der Waals surface area contributed by atoms with Crippen LogP contribution in [0.4, 0.5) is 10.1 Å². The second kappa shape index (κ2) is 5.65. The van der Waals surface area contributed by atoms with E-state index < -0.39 is 0 Å². The van der Waals surface area contributed by atoms with E-state index in [1.165, 1.54) is 6.07 Å². The van der Waals surface area contributed by atoms with E-state index in [2.05, 4.69) is 14.6 Å². The summed E-state index contributed by atoms with van der Waals surface area (Å²) in [5.41, 5.74) is 0.692. The maximum Gasteiger partial charge on any atom is 0.227 e. The topological polar surface area (TPSA) is 10.8 Å². The lowest BCUT2D eigenvalue weighted by Gasteiger charge is -2.35. The molecular formula is C13H16FN3. The van der Waals surface area contributed by atoms with Crippen LogP contribution >= 0.6 is 0 Å². The Bertz CT molecular complexity index is 405. The van der Waals surface area contributed by atoms with Gasteiger partial charge < -0.3 is 9.74 Å². The second-order valence-electron chi connectivity index (χ2n) is 4.16. The van der Waals surface area contributed by atoms with E-state index >= 15 is 0 Å². The van der Waals surface area contributed by atoms with Crippen LogP contribution in [0.2, 0.25) is 0 Å². The Hall–Kier alpha value is -1.60. The Morgan fingerprint density at radius 1 is 1.18 bits per heavy atom. The summed E-state index contributed by atoms with van der Waals surface area (Å²) in [6, 6.07) is 6.90. The highest BCUT2D eigenvalue weighted by molar-refractivity contribution is 5.47. The molecule has 1 heterocycles. The van der Waals surface area contributed by atoms with Crippen molar-refractivity contribution in [3.63, 3.8) is 0 Å². The van der Waals surface area contributed by atoms with Gasteiger partial charge in [-0.2, -0.15) is 0 Å². The summed E-state index contributed by atoms with van der Waals surface area (Å²) in [6.45, 7) is 11.6. The van der Waals surface area contributed by atoms with Crippen LogP contribution in [0.3, 0.4) is 0 Å². The summed E-state index contributed by atoms with van der Waals surface area (Å²) in [5.74, 6) is -0.151. The first-order valence-electron chi connectivity index (χ1n) is 5.86. The first-order chi connectivity index (χ1) is 8.31. The molecule has 1 aromatic rings. The third kappa shape index (κ3) is 2.95. The molecule has 1 saturated heterocycles. The number of anilines is 1. The van der Waals surface area contributed by atoms with Gasteiger partial charge >= 0.3 is 0 Å². The van der Waals surface area contributed by atoms with Crippen molar-refractivity contribution in [1.82, 2.24) is 4.90 Å². The number of benzene rings is 1. The van der Waals surface area contributed by atoms with Crippen LogP contribution in [0.5, 0.6) is 0 Å². The molecule has 0 amide bonds. The Morgan fingerprint density at radius 3 is 2.53 bits per heavy atom. The van der Waals surface area contributed by atoms with Crippen molar-refractivity contribution < 1.29 is 4.39 Å². The monoisotopic (exact) mass is 233 g/mol. The van der Waals surface area contributed by atoms with Crippen LogP contribution in [-0.2, 0) is 0 Å². The van der Waals surface area contributed by atoms with Crippen molar-refractivity contribution in [2.24, 2.45) is 0 Å². The van der Waals surface area contributed by atoms with E-state index in [-0.39, 0.29) is 5.82 Å². The van der Waals surface area contributed by atoms with Gasteiger partial charge in [0.2, 0.25) is 6.54 Å². The van der Waals surface area contributed by atoms with Gasteiger partial charge in [0.05, 0.1) is 12.2 Å². The number of rotatable bonds is 3. The largest absolute Gasteiger partial charge is 0.367 e. The number of hydrogen-bond donors (Lipinski definition) is 0. The predicted octanol–water partition coefficient (Wildman–Crippen LogP) is 1.87. The molecule has 4 heteroatoms. The van der Waals surface area contributed by atoms with E-state index in [0.29, 0.717) is 12.2 Å². The molecule has 1 aliphatic rings. The van der Waals surface area contributed by atoms with E-state index in [9.17, 15) is 4.39 Å². The lowest BCUT2D eigenvalue weighted by molar-refractivity contribution is 0.268. The Morgan fingerprint density at radius 2 is 1.88 bits per heavy atom. The van der Waals surface area contributed by atoms with Crippen LogP contribution in [0, 0.1) is 12.4 Å². The molecular weight excluding hydrogens is 217 g/mol. The number of halogens is 1. The molecule has 0 aromatic heterocycles. The Balaban J connectivity index is 1.91. The molecule has 0 aliphatic carbocycles. The highest BCUT2D eigenvalue weighted by atomic mass is 19.1. The molecule has 0 radical (unpaired) electrons. The maximum atomic E-state index is 13.6. The van der Waals surface area contributed by atoms with Crippen molar-refractivity contribution in [3.8, 4) is 0 Å². The minimum Gasteiger partial charge on any atom is -0.367 e. The maximum absolute atomic E-state index is 13.6. The van der Waals surface area contributed by atoms with Crippen LogP contribution in [0.15, 0.2) is 24.3 Å².